The molecule has 0 spiro atoms. The number of hydrogen-bond acceptors (Lipinski definition) is 2. The average Bonchev–Trinajstić information content (AvgIpc) is 2.41. The van der Waals surface area contributed by atoms with Crippen LogP contribution >= 0.6 is 11.6 Å². The third kappa shape index (κ3) is 3.25. The number of anilines is 1. The summed E-state index contributed by atoms with van der Waals surface area (Å²) < 4.78 is 5.81. The quantitative estimate of drug-likeness (QED) is 0.837. The summed E-state index contributed by atoms with van der Waals surface area (Å²) in [6, 6.07) is 15.7. The summed E-state index contributed by atoms with van der Waals surface area (Å²) in [7, 11) is 0. The molecule has 0 aliphatic rings. The van der Waals surface area contributed by atoms with Crippen LogP contribution in [0, 0.1) is 0 Å². The van der Waals surface area contributed by atoms with Gasteiger partial charge in [0.05, 0.1) is 23.4 Å². The first-order valence-electron chi connectivity index (χ1n) is 5.87. The minimum Gasteiger partial charge on any atom is -0.398 e. The molecule has 18 heavy (non-hydrogen) atoms. The molecule has 0 aromatic heterocycles. The summed E-state index contributed by atoms with van der Waals surface area (Å²) in [5.41, 5.74) is 8.53. The van der Waals surface area contributed by atoms with Crippen molar-refractivity contribution in [2.75, 3.05) is 5.73 Å². The normalized spacial score (nSPS) is 12.3. The van der Waals surface area contributed by atoms with Gasteiger partial charge in [-0.15, -0.1) is 0 Å². The van der Waals surface area contributed by atoms with Crippen LogP contribution in [0.4, 0.5) is 5.69 Å². The van der Waals surface area contributed by atoms with E-state index in [-0.39, 0.29) is 6.10 Å². The zero-order valence-electron chi connectivity index (χ0n) is 10.3. The van der Waals surface area contributed by atoms with Gasteiger partial charge in [-0.2, -0.15) is 0 Å². The Kier molecular flexibility index (Phi) is 4.24. The Morgan fingerprint density at radius 1 is 1.17 bits per heavy atom. The highest BCUT2D eigenvalue weighted by atomic mass is 35.5. The van der Waals surface area contributed by atoms with E-state index in [0.717, 1.165) is 5.56 Å². The van der Waals surface area contributed by atoms with Crippen molar-refractivity contribution in [3.05, 3.63) is 64.7 Å². The van der Waals surface area contributed by atoms with Gasteiger partial charge in [0.15, 0.2) is 0 Å². The first kappa shape index (κ1) is 12.9. The number of halogens is 1. The molecule has 0 aliphatic carbocycles. The molecule has 1 atom stereocenters. The molecule has 3 heteroatoms. The van der Waals surface area contributed by atoms with Crippen LogP contribution in [0.3, 0.4) is 0 Å². The Morgan fingerprint density at radius 2 is 1.89 bits per heavy atom. The van der Waals surface area contributed by atoms with Gasteiger partial charge in [0.2, 0.25) is 0 Å². The van der Waals surface area contributed by atoms with E-state index < -0.39 is 0 Å². The second-order valence-electron chi connectivity index (χ2n) is 4.22. The van der Waals surface area contributed by atoms with Gasteiger partial charge in [0, 0.05) is 0 Å². The minimum absolute atomic E-state index is 0.0584. The van der Waals surface area contributed by atoms with E-state index in [9.17, 15) is 0 Å². The lowest BCUT2D eigenvalue weighted by atomic mass is 10.1. The van der Waals surface area contributed by atoms with Crippen molar-refractivity contribution >= 4 is 17.3 Å². The maximum atomic E-state index is 5.87. The second-order valence-corrected chi connectivity index (χ2v) is 4.63. The molecular formula is C15H16ClNO. The van der Waals surface area contributed by atoms with E-state index in [0.29, 0.717) is 17.3 Å². The lowest BCUT2D eigenvalue weighted by Gasteiger charge is -2.13. The SMILES string of the molecule is CC(OCc1ccc(Cl)c(N)c1)c1ccccc1. The van der Waals surface area contributed by atoms with Gasteiger partial charge in [-0.3, -0.25) is 0 Å². The summed E-state index contributed by atoms with van der Waals surface area (Å²) in [6.45, 7) is 2.56. The van der Waals surface area contributed by atoms with E-state index in [1.807, 2.05) is 37.3 Å². The summed E-state index contributed by atoms with van der Waals surface area (Å²) >= 11 is 5.87. The van der Waals surface area contributed by atoms with Crippen molar-refractivity contribution in [1.82, 2.24) is 0 Å². The fraction of sp³-hybridized carbons (Fsp3) is 0.200. The zero-order valence-corrected chi connectivity index (χ0v) is 11.0. The van der Waals surface area contributed by atoms with Crippen molar-refractivity contribution in [1.29, 1.82) is 0 Å². The predicted molar refractivity (Wildman–Crippen MR) is 75.5 cm³/mol. The Balaban J connectivity index is 1.97. The third-order valence-corrected chi connectivity index (χ3v) is 3.17. The van der Waals surface area contributed by atoms with Gasteiger partial charge >= 0.3 is 0 Å². The van der Waals surface area contributed by atoms with Crippen LogP contribution in [0.2, 0.25) is 5.02 Å². The lowest BCUT2D eigenvalue weighted by molar-refractivity contribution is 0.0526. The van der Waals surface area contributed by atoms with Crippen LogP contribution in [-0.4, -0.2) is 0 Å². The van der Waals surface area contributed by atoms with Crippen molar-refractivity contribution < 1.29 is 4.74 Å². The average molecular weight is 262 g/mol. The Labute approximate surface area is 112 Å². The van der Waals surface area contributed by atoms with Crippen LogP contribution in [0.15, 0.2) is 48.5 Å². The minimum atomic E-state index is 0.0584. The molecule has 0 saturated heterocycles. The number of nitrogen functional groups attached to an aromatic ring is 1. The summed E-state index contributed by atoms with van der Waals surface area (Å²) in [5, 5.41) is 0.579. The van der Waals surface area contributed by atoms with Crippen LogP contribution in [-0.2, 0) is 11.3 Å². The molecule has 2 nitrogen and oxygen atoms in total. The molecule has 2 aromatic carbocycles. The Bertz CT molecular complexity index is 513. The Hall–Kier alpha value is -1.51. The number of nitrogens with two attached hydrogens (primary N) is 1. The lowest BCUT2D eigenvalue weighted by Crippen LogP contribution is -2.00. The van der Waals surface area contributed by atoms with E-state index >= 15 is 0 Å². The van der Waals surface area contributed by atoms with Crippen LogP contribution in [0.1, 0.15) is 24.2 Å². The first-order chi connectivity index (χ1) is 8.66. The van der Waals surface area contributed by atoms with Gasteiger partial charge in [-0.1, -0.05) is 48.0 Å². The molecule has 2 N–H and O–H groups in total. The molecule has 2 rings (SSSR count). The fourth-order valence-corrected chi connectivity index (χ4v) is 1.84. The molecule has 0 fully saturated rings. The van der Waals surface area contributed by atoms with Crippen molar-refractivity contribution in [2.45, 2.75) is 19.6 Å². The third-order valence-electron chi connectivity index (χ3n) is 2.83. The van der Waals surface area contributed by atoms with Gasteiger partial charge in [0.1, 0.15) is 0 Å². The summed E-state index contributed by atoms with van der Waals surface area (Å²) in [6.07, 6.45) is 0.0584. The monoisotopic (exact) mass is 261 g/mol. The molecule has 1 unspecified atom stereocenters. The maximum absolute atomic E-state index is 5.87. The van der Waals surface area contributed by atoms with Crippen molar-refractivity contribution in [3.8, 4) is 0 Å². The molecule has 0 radical (unpaired) electrons. The number of hydrogen-bond donors (Lipinski definition) is 1. The largest absolute Gasteiger partial charge is 0.398 e. The van der Waals surface area contributed by atoms with Gasteiger partial charge < -0.3 is 10.5 Å². The molecule has 0 amide bonds. The molecule has 0 heterocycles. The molecule has 2 aromatic rings. The molecule has 0 saturated carbocycles. The fourth-order valence-electron chi connectivity index (χ4n) is 1.72. The number of rotatable bonds is 4. The smallest absolute Gasteiger partial charge is 0.0801 e. The highest BCUT2D eigenvalue weighted by Crippen LogP contribution is 2.22. The standard InChI is InChI=1S/C15H16ClNO/c1-11(13-5-3-2-4-6-13)18-10-12-7-8-14(16)15(17)9-12/h2-9,11H,10,17H2,1H3. The van der Waals surface area contributed by atoms with Crippen molar-refractivity contribution in [2.24, 2.45) is 0 Å². The summed E-state index contributed by atoms with van der Waals surface area (Å²) in [5.74, 6) is 0. The highest BCUT2D eigenvalue weighted by molar-refractivity contribution is 6.33. The zero-order chi connectivity index (χ0) is 13.0. The molecule has 94 valence electrons. The van der Waals surface area contributed by atoms with Crippen LogP contribution in [0.25, 0.3) is 0 Å². The first-order valence-corrected chi connectivity index (χ1v) is 6.25. The van der Waals surface area contributed by atoms with Gasteiger partial charge in [-0.25, -0.2) is 0 Å². The predicted octanol–water partition coefficient (Wildman–Crippen LogP) is 4.20. The Morgan fingerprint density at radius 3 is 2.56 bits per heavy atom. The highest BCUT2D eigenvalue weighted by Gasteiger charge is 2.06. The van der Waals surface area contributed by atoms with Crippen LogP contribution < -0.4 is 5.73 Å². The van der Waals surface area contributed by atoms with Crippen LogP contribution in [0.5, 0.6) is 0 Å². The van der Waals surface area contributed by atoms with E-state index in [1.54, 1.807) is 6.07 Å². The van der Waals surface area contributed by atoms with Gasteiger partial charge in [-0.05, 0) is 30.2 Å². The topological polar surface area (TPSA) is 35.2 Å². The maximum Gasteiger partial charge on any atom is 0.0801 e. The van der Waals surface area contributed by atoms with E-state index in [2.05, 4.69) is 12.1 Å². The van der Waals surface area contributed by atoms with Gasteiger partial charge in [0.25, 0.3) is 0 Å². The molecule has 0 aliphatic heterocycles. The van der Waals surface area contributed by atoms with E-state index in [1.165, 1.54) is 5.56 Å². The van der Waals surface area contributed by atoms with E-state index in [4.69, 9.17) is 22.1 Å². The number of ether oxygens (including phenoxy) is 1. The summed E-state index contributed by atoms with van der Waals surface area (Å²) in [4.78, 5) is 0. The number of benzene rings is 2. The second kappa shape index (κ2) is 5.89. The molecule has 0 bridgehead atoms. The molecular weight excluding hydrogens is 246 g/mol. The van der Waals surface area contributed by atoms with Crippen molar-refractivity contribution in [3.63, 3.8) is 0 Å².